The number of unbranched alkanes of at least 4 members (excludes halogenated alkanes) is 10. The van der Waals surface area contributed by atoms with E-state index in [1.165, 1.54) is 51.4 Å². The predicted octanol–water partition coefficient (Wildman–Crippen LogP) is 4.55. The first kappa shape index (κ1) is 24.6. The second-order valence-electron chi connectivity index (χ2n) is 7.08. The SMILES string of the molecule is C/C=C/CCCCCCCCCCCC(=O)NCCCC[C@H](N)C(=O)O. The average Bonchev–Trinajstić information content (AvgIpc) is 2.62. The molecule has 0 bridgehead atoms. The summed E-state index contributed by atoms with van der Waals surface area (Å²) in [5, 5.41) is 11.6. The van der Waals surface area contributed by atoms with E-state index in [4.69, 9.17) is 10.8 Å². The Bertz CT molecular complexity index is 383. The quantitative estimate of drug-likeness (QED) is 0.244. The van der Waals surface area contributed by atoms with Gasteiger partial charge < -0.3 is 16.2 Å². The van der Waals surface area contributed by atoms with E-state index in [2.05, 4.69) is 24.4 Å². The van der Waals surface area contributed by atoms with Gasteiger partial charge in [0, 0.05) is 13.0 Å². The second kappa shape index (κ2) is 18.4. The van der Waals surface area contributed by atoms with Crippen molar-refractivity contribution in [2.45, 2.75) is 103 Å². The molecular weight excluding hydrogens is 328 g/mol. The zero-order chi connectivity index (χ0) is 19.5. The Morgan fingerprint density at radius 1 is 0.923 bits per heavy atom. The molecule has 5 nitrogen and oxygen atoms in total. The standard InChI is InChI=1S/C21H40N2O3/c1-2-3-4-5-6-7-8-9-10-11-12-13-17-20(24)23-18-15-14-16-19(22)21(25)26/h2-3,19H,4-18,22H2,1H3,(H,23,24)(H,25,26)/b3-2+/t19-/m0/s1. The van der Waals surface area contributed by atoms with Crippen LogP contribution in [0.1, 0.15) is 96.8 Å². The van der Waals surface area contributed by atoms with Gasteiger partial charge in [0.2, 0.25) is 5.91 Å². The van der Waals surface area contributed by atoms with Gasteiger partial charge in [-0.2, -0.15) is 0 Å². The molecule has 0 heterocycles. The van der Waals surface area contributed by atoms with Crippen LogP contribution in [-0.2, 0) is 9.59 Å². The maximum atomic E-state index is 11.7. The summed E-state index contributed by atoms with van der Waals surface area (Å²) in [5.74, 6) is -0.855. The number of amides is 1. The number of aliphatic carboxylic acids is 1. The second-order valence-corrected chi connectivity index (χ2v) is 7.08. The lowest BCUT2D eigenvalue weighted by Gasteiger charge is -2.07. The minimum atomic E-state index is -0.960. The van der Waals surface area contributed by atoms with E-state index in [1.807, 2.05) is 0 Å². The Morgan fingerprint density at radius 3 is 2.08 bits per heavy atom. The molecule has 4 N–H and O–H groups in total. The molecule has 0 fully saturated rings. The maximum absolute atomic E-state index is 11.7. The molecule has 5 heteroatoms. The van der Waals surface area contributed by atoms with E-state index in [0.29, 0.717) is 19.4 Å². The summed E-state index contributed by atoms with van der Waals surface area (Å²) >= 11 is 0. The molecule has 0 aliphatic heterocycles. The Labute approximate surface area is 159 Å². The number of carbonyl (C=O) groups excluding carboxylic acids is 1. The van der Waals surface area contributed by atoms with Crippen LogP contribution >= 0.6 is 0 Å². The minimum Gasteiger partial charge on any atom is -0.480 e. The molecule has 0 rings (SSSR count). The van der Waals surface area contributed by atoms with Gasteiger partial charge in [0.15, 0.2) is 0 Å². The molecule has 0 aromatic rings. The van der Waals surface area contributed by atoms with E-state index < -0.39 is 12.0 Å². The van der Waals surface area contributed by atoms with Crippen molar-refractivity contribution in [2.75, 3.05) is 6.54 Å². The van der Waals surface area contributed by atoms with Gasteiger partial charge in [-0.1, -0.05) is 57.1 Å². The lowest BCUT2D eigenvalue weighted by Crippen LogP contribution is -2.30. The smallest absolute Gasteiger partial charge is 0.320 e. The third-order valence-electron chi connectivity index (χ3n) is 4.59. The monoisotopic (exact) mass is 368 g/mol. The average molecular weight is 369 g/mol. The van der Waals surface area contributed by atoms with E-state index in [1.54, 1.807) is 0 Å². The van der Waals surface area contributed by atoms with E-state index >= 15 is 0 Å². The number of hydrogen-bond donors (Lipinski definition) is 3. The van der Waals surface area contributed by atoms with Gasteiger partial charge in [0.05, 0.1) is 0 Å². The van der Waals surface area contributed by atoms with Crippen LogP contribution in [0.2, 0.25) is 0 Å². The Hall–Kier alpha value is -1.36. The number of carbonyl (C=O) groups is 2. The highest BCUT2D eigenvalue weighted by Crippen LogP contribution is 2.11. The summed E-state index contributed by atoms with van der Waals surface area (Å²) in [4.78, 5) is 22.3. The van der Waals surface area contributed by atoms with Crippen LogP contribution in [0.4, 0.5) is 0 Å². The molecule has 0 unspecified atom stereocenters. The molecule has 0 aromatic carbocycles. The zero-order valence-corrected chi connectivity index (χ0v) is 16.7. The van der Waals surface area contributed by atoms with Gasteiger partial charge in [0.25, 0.3) is 0 Å². The van der Waals surface area contributed by atoms with Gasteiger partial charge in [-0.05, 0) is 45.4 Å². The zero-order valence-electron chi connectivity index (χ0n) is 16.7. The van der Waals surface area contributed by atoms with Crippen LogP contribution < -0.4 is 11.1 Å². The number of allylic oxidation sites excluding steroid dienone is 2. The fraction of sp³-hybridized carbons (Fsp3) is 0.810. The fourth-order valence-corrected chi connectivity index (χ4v) is 2.88. The normalized spacial score (nSPS) is 12.4. The molecular formula is C21H40N2O3. The van der Waals surface area contributed by atoms with Crippen LogP contribution in [0, 0.1) is 0 Å². The molecule has 152 valence electrons. The van der Waals surface area contributed by atoms with Crippen LogP contribution in [0.25, 0.3) is 0 Å². The summed E-state index contributed by atoms with van der Waals surface area (Å²) in [6.07, 6.45) is 19.4. The summed E-state index contributed by atoms with van der Waals surface area (Å²) in [6, 6.07) is -0.788. The molecule has 0 aliphatic carbocycles. The van der Waals surface area contributed by atoms with Gasteiger partial charge in [-0.15, -0.1) is 0 Å². The summed E-state index contributed by atoms with van der Waals surface area (Å²) < 4.78 is 0. The number of rotatable bonds is 18. The Morgan fingerprint density at radius 2 is 1.50 bits per heavy atom. The highest BCUT2D eigenvalue weighted by atomic mass is 16.4. The van der Waals surface area contributed by atoms with Crippen molar-refractivity contribution in [1.82, 2.24) is 5.32 Å². The van der Waals surface area contributed by atoms with Crippen molar-refractivity contribution >= 4 is 11.9 Å². The molecule has 1 amide bonds. The lowest BCUT2D eigenvalue weighted by molar-refractivity contribution is -0.138. The van der Waals surface area contributed by atoms with Crippen molar-refractivity contribution < 1.29 is 14.7 Å². The maximum Gasteiger partial charge on any atom is 0.320 e. The molecule has 0 radical (unpaired) electrons. The van der Waals surface area contributed by atoms with E-state index in [0.717, 1.165) is 25.7 Å². The first-order valence-electron chi connectivity index (χ1n) is 10.4. The van der Waals surface area contributed by atoms with Gasteiger partial charge in [-0.25, -0.2) is 0 Å². The molecule has 0 saturated carbocycles. The largest absolute Gasteiger partial charge is 0.480 e. The number of nitrogens with two attached hydrogens (primary N) is 1. The summed E-state index contributed by atoms with van der Waals surface area (Å²) in [6.45, 7) is 2.68. The molecule has 0 spiro atoms. The van der Waals surface area contributed by atoms with Gasteiger partial charge in [0.1, 0.15) is 6.04 Å². The van der Waals surface area contributed by atoms with Crippen molar-refractivity contribution in [3.63, 3.8) is 0 Å². The van der Waals surface area contributed by atoms with Crippen LogP contribution in [0.5, 0.6) is 0 Å². The first-order chi connectivity index (χ1) is 12.6. The third-order valence-corrected chi connectivity index (χ3v) is 4.59. The van der Waals surface area contributed by atoms with Crippen molar-refractivity contribution in [3.8, 4) is 0 Å². The van der Waals surface area contributed by atoms with E-state index in [9.17, 15) is 9.59 Å². The van der Waals surface area contributed by atoms with E-state index in [-0.39, 0.29) is 5.91 Å². The summed E-state index contributed by atoms with van der Waals surface area (Å²) in [7, 11) is 0. The lowest BCUT2D eigenvalue weighted by atomic mass is 10.1. The highest BCUT2D eigenvalue weighted by molar-refractivity contribution is 5.75. The molecule has 0 aromatic heterocycles. The summed E-state index contributed by atoms with van der Waals surface area (Å²) in [5.41, 5.74) is 5.43. The fourth-order valence-electron chi connectivity index (χ4n) is 2.88. The van der Waals surface area contributed by atoms with Crippen LogP contribution in [0.3, 0.4) is 0 Å². The molecule has 0 aliphatic rings. The van der Waals surface area contributed by atoms with Gasteiger partial charge >= 0.3 is 5.97 Å². The Kier molecular flexibility index (Phi) is 17.5. The topological polar surface area (TPSA) is 92.4 Å². The van der Waals surface area contributed by atoms with Crippen LogP contribution in [-0.4, -0.2) is 29.6 Å². The van der Waals surface area contributed by atoms with Crippen molar-refractivity contribution in [2.24, 2.45) is 5.73 Å². The van der Waals surface area contributed by atoms with Crippen molar-refractivity contribution in [3.05, 3.63) is 12.2 Å². The third kappa shape index (κ3) is 17.5. The van der Waals surface area contributed by atoms with Gasteiger partial charge in [-0.3, -0.25) is 9.59 Å². The number of carboxylic acid groups (broad SMARTS) is 1. The van der Waals surface area contributed by atoms with Crippen molar-refractivity contribution in [1.29, 1.82) is 0 Å². The number of nitrogens with one attached hydrogen (secondary N) is 1. The number of carboxylic acids is 1. The molecule has 1 atom stereocenters. The minimum absolute atomic E-state index is 0.105. The molecule has 0 saturated heterocycles. The highest BCUT2D eigenvalue weighted by Gasteiger charge is 2.10. The number of hydrogen-bond acceptors (Lipinski definition) is 3. The first-order valence-corrected chi connectivity index (χ1v) is 10.4. The molecule has 26 heavy (non-hydrogen) atoms. The van der Waals surface area contributed by atoms with Crippen LogP contribution in [0.15, 0.2) is 12.2 Å². The predicted molar refractivity (Wildman–Crippen MR) is 108 cm³/mol. The Balaban J connectivity index is 3.25.